The molecular weight excluding hydrogens is 356 g/mol. The Morgan fingerprint density at radius 2 is 1.79 bits per heavy atom. The number of aromatic nitrogens is 2. The molecular formula is C21H28N4O3. The van der Waals surface area contributed by atoms with E-state index < -0.39 is 0 Å². The number of nitrogens with one attached hydrogen (secondary N) is 1. The van der Waals surface area contributed by atoms with Crippen LogP contribution in [-0.2, 0) is 11.3 Å². The van der Waals surface area contributed by atoms with Gasteiger partial charge in [-0.2, -0.15) is 5.10 Å². The van der Waals surface area contributed by atoms with E-state index >= 15 is 0 Å². The van der Waals surface area contributed by atoms with Crippen LogP contribution in [0.25, 0.3) is 10.8 Å². The highest BCUT2D eigenvalue weighted by Crippen LogP contribution is 2.14. The fraction of sp³-hybridized carbons (Fsp3) is 0.524. The molecule has 7 nitrogen and oxygen atoms in total. The number of amides is 2. The van der Waals surface area contributed by atoms with Crippen molar-refractivity contribution >= 4 is 22.6 Å². The van der Waals surface area contributed by atoms with E-state index in [9.17, 15) is 14.4 Å². The molecule has 150 valence electrons. The van der Waals surface area contributed by atoms with Crippen LogP contribution in [0.3, 0.4) is 0 Å². The number of rotatable bonds is 6. The molecule has 1 aromatic heterocycles. The molecule has 1 saturated heterocycles. The number of nitrogens with zero attached hydrogens (tertiary/aromatic N) is 3. The molecule has 0 radical (unpaired) electrons. The van der Waals surface area contributed by atoms with Crippen LogP contribution < -0.4 is 10.9 Å². The number of hydrogen-bond acceptors (Lipinski definition) is 4. The Hall–Kier alpha value is -2.70. The van der Waals surface area contributed by atoms with Gasteiger partial charge in [0.05, 0.1) is 5.39 Å². The molecule has 0 bridgehead atoms. The van der Waals surface area contributed by atoms with Crippen molar-refractivity contribution in [2.45, 2.75) is 46.1 Å². The summed E-state index contributed by atoms with van der Waals surface area (Å²) in [7, 11) is 0. The Morgan fingerprint density at radius 1 is 1.11 bits per heavy atom. The lowest BCUT2D eigenvalue weighted by molar-refractivity contribution is -0.131. The molecule has 2 heterocycles. The normalized spacial score (nSPS) is 14.5. The first kappa shape index (κ1) is 20.0. The Kier molecular flexibility index (Phi) is 6.44. The van der Waals surface area contributed by atoms with Gasteiger partial charge in [0, 0.05) is 38.0 Å². The zero-order valence-electron chi connectivity index (χ0n) is 16.6. The molecule has 0 atom stereocenters. The summed E-state index contributed by atoms with van der Waals surface area (Å²) in [6.45, 7) is 6.30. The lowest BCUT2D eigenvalue weighted by Crippen LogP contribution is -2.38. The predicted octanol–water partition coefficient (Wildman–Crippen LogP) is 2.18. The van der Waals surface area contributed by atoms with Gasteiger partial charge in [0.25, 0.3) is 11.5 Å². The molecule has 1 fully saturated rings. The quantitative estimate of drug-likeness (QED) is 0.827. The van der Waals surface area contributed by atoms with Crippen molar-refractivity contribution in [3.63, 3.8) is 0 Å². The Balaban J connectivity index is 1.74. The molecule has 0 unspecified atom stereocenters. The summed E-state index contributed by atoms with van der Waals surface area (Å²) in [6.07, 6.45) is 3.54. The number of fused-ring (bicyclic) bond motifs is 1. The summed E-state index contributed by atoms with van der Waals surface area (Å²) < 4.78 is 1.36. The predicted molar refractivity (Wildman–Crippen MR) is 108 cm³/mol. The van der Waals surface area contributed by atoms with E-state index in [-0.39, 0.29) is 42.0 Å². The highest BCUT2D eigenvalue weighted by molar-refractivity contribution is 6.04. The second kappa shape index (κ2) is 8.99. The van der Waals surface area contributed by atoms with E-state index in [2.05, 4.69) is 10.4 Å². The number of piperidine rings is 1. The minimum absolute atomic E-state index is 0.0718. The van der Waals surface area contributed by atoms with Crippen molar-refractivity contribution in [3.05, 3.63) is 40.3 Å². The van der Waals surface area contributed by atoms with Crippen LogP contribution in [0.4, 0.5) is 0 Å². The maximum Gasteiger partial charge on any atom is 0.274 e. The molecule has 1 aromatic carbocycles. The number of likely N-dealkylation sites (tertiary alicyclic amines) is 1. The molecule has 0 saturated carbocycles. The molecule has 1 N–H and O–H groups in total. The number of hydrogen-bond donors (Lipinski definition) is 1. The van der Waals surface area contributed by atoms with Crippen molar-refractivity contribution in [2.24, 2.45) is 5.92 Å². The van der Waals surface area contributed by atoms with Gasteiger partial charge >= 0.3 is 0 Å². The van der Waals surface area contributed by atoms with Crippen molar-refractivity contribution < 1.29 is 9.59 Å². The topological polar surface area (TPSA) is 84.3 Å². The number of benzene rings is 1. The first-order chi connectivity index (χ1) is 13.5. The zero-order chi connectivity index (χ0) is 20.1. The highest BCUT2D eigenvalue weighted by Gasteiger charge is 2.19. The van der Waals surface area contributed by atoms with Crippen molar-refractivity contribution in [1.82, 2.24) is 20.0 Å². The maximum atomic E-state index is 12.8. The van der Waals surface area contributed by atoms with Crippen LogP contribution in [0.15, 0.2) is 29.1 Å². The molecule has 28 heavy (non-hydrogen) atoms. The van der Waals surface area contributed by atoms with Crippen LogP contribution >= 0.6 is 0 Å². The van der Waals surface area contributed by atoms with Crippen molar-refractivity contribution in [3.8, 4) is 0 Å². The Morgan fingerprint density at radius 3 is 2.46 bits per heavy atom. The molecule has 0 aliphatic carbocycles. The fourth-order valence-electron chi connectivity index (χ4n) is 3.54. The van der Waals surface area contributed by atoms with E-state index in [1.165, 1.54) is 11.1 Å². The second-order valence-corrected chi connectivity index (χ2v) is 7.72. The fourth-order valence-corrected chi connectivity index (χ4v) is 3.54. The summed E-state index contributed by atoms with van der Waals surface area (Å²) in [6, 6.07) is 7.01. The first-order valence-corrected chi connectivity index (χ1v) is 10.0. The van der Waals surface area contributed by atoms with Gasteiger partial charge in [-0.15, -0.1) is 0 Å². The average Bonchev–Trinajstić information content (AvgIpc) is 2.70. The van der Waals surface area contributed by atoms with Crippen LogP contribution in [0, 0.1) is 5.92 Å². The lowest BCUT2D eigenvalue weighted by atomic mass is 10.1. The second-order valence-electron chi connectivity index (χ2n) is 7.72. The summed E-state index contributed by atoms with van der Waals surface area (Å²) in [5.41, 5.74) is 0.0300. The molecule has 1 aliphatic heterocycles. The minimum Gasteiger partial charge on any atom is -0.350 e. The average molecular weight is 384 g/mol. The Bertz CT molecular complexity index is 913. The van der Waals surface area contributed by atoms with E-state index in [0.717, 1.165) is 25.9 Å². The van der Waals surface area contributed by atoms with E-state index in [0.29, 0.717) is 17.3 Å². The van der Waals surface area contributed by atoms with Gasteiger partial charge in [-0.05, 0) is 31.2 Å². The first-order valence-electron chi connectivity index (χ1n) is 10.0. The summed E-state index contributed by atoms with van der Waals surface area (Å²) in [4.78, 5) is 39.5. The van der Waals surface area contributed by atoms with Crippen LogP contribution in [-0.4, -0.2) is 46.1 Å². The Labute approximate surface area is 164 Å². The zero-order valence-corrected chi connectivity index (χ0v) is 16.6. The van der Waals surface area contributed by atoms with Gasteiger partial charge < -0.3 is 10.2 Å². The van der Waals surface area contributed by atoms with Crippen molar-refractivity contribution in [2.75, 3.05) is 19.6 Å². The third-order valence-electron chi connectivity index (χ3n) is 4.95. The largest absolute Gasteiger partial charge is 0.350 e. The number of carbonyl (C=O) groups is 2. The summed E-state index contributed by atoms with van der Waals surface area (Å²) in [5, 5.41) is 8.14. The summed E-state index contributed by atoms with van der Waals surface area (Å²) >= 11 is 0. The van der Waals surface area contributed by atoms with Gasteiger partial charge in [-0.1, -0.05) is 32.0 Å². The van der Waals surface area contributed by atoms with Gasteiger partial charge in [0.15, 0.2) is 5.69 Å². The molecule has 1 aliphatic rings. The summed E-state index contributed by atoms with van der Waals surface area (Å²) in [5.74, 6) is -0.0628. The SMILES string of the molecule is CC(C)Cn1nc(C(=O)NCCC(=O)N2CCCCC2)c2ccccc2c1=O. The van der Waals surface area contributed by atoms with Crippen LogP contribution in [0.5, 0.6) is 0 Å². The molecule has 2 amide bonds. The third-order valence-corrected chi connectivity index (χ3v) is 4.95. The molecule has 0 spiro atoms. The van der Waals surface area contributed by atoms with Gasteiger partial charge in [0.1, 0.15) is 0 Å². The van der Waals surface area contributed by atoms with Crippen molar-refractivity contribution in [1.29, 1.82) is 0 Å². The molecule has 2 aromatic rings. The molecule has 7 heteroatoms. The third kappa shape index (κ3) is 4.58. The minimum atomic E-state index is -0.361. The monoisotopic (exact) mass is 384 g/mol. The van der Waals surface area contributed by atoms with E-state index in [1.54, 1.807) is 24.3 Å². The van der Waals surface area contributed by atoms with E-state index in [4.69, 9.17) is 0 Å². The van der Waals surface area contributed by atoms with E-state index in [1.807, 2.05) is 18.7 Å². The van der Waals surface area contributed by atoms with Crippen LogP contribution in [0.1, 0.15) is 50.0 Å². The van der Waals surface area contributed by atoms with Gasteiger partial charge in [-0.25, -0.2) is 4.68 Å². The van der Waals surface area contributed by atoms with Gasteiger partial charge in [-0.3, -0.25) is 14.4 Å². The smallest absolute Gasteiger partial charge is 0.274 e. The highest BCUT2D eigenvalue weighted by atomic mass is 16.2. The maximum absolute atomic E-state index is 12.8. The standard InChI is InChI=1S/C21H28N4O3/c1-15(2)14-25-21(28)17-9-5-4-8-16(17)19(23-25)20(27)22-11-10-18(26)24-12-6-3-7-13-24/h4-5,8-9,15H,3,6-7,10-14H2,1-2H3,(H,22,27). The van der Waals surface area contributed by atoms with Gasteiger partial charge in [0.2, 0.25) is 5.91 Å². The molecule has 3 rings (SSSR count). The number of carbonyl (C=O) groups excluding carboxylic acids is 2. The van der Waals surface area contributed by atoms with Crippen LogP contribution in [0.2, 0.25) is 0 Å². The lowest BCUT2D eigenvalue weighted by Gasteiger charge is -2.26.